The number of nitrogens with zero attached hydrogens (tertiary/aromatic N) is 1. The first kappa shape index (κ1) is 12.9. The Kier molecular flexibility index (Phi) is 4.02. The van der Waals surface area contributed by atoms with Crippen LogP contribution in [0.15, 0.2) is 30.5 Å². The van der Waals surface area contributed by atoms with Crippen LogP contribution in [0.5, 0.6) is 5.75 Å². The Labute approximate surface area is 111 Å². The molecule has 0 radical (unpaired) electrons. The number of H-pyrrole nitrogens is 1. The normalized spacial score (nSPS) is 10.2. The molecule has 0 bridgehead atoms. The summed E-state index contributed by atoms with van der Waals surface area (Å²) in [5.41, 5.74) is 8.07. The van der Waals surface area contributed by atoms with Gasteiger partial charge in [-0.15, -0.1) is 0 Å². The second-order valence-corrected chi connectivity index (χ2v) is 4.16. The number of primary amides is 1. The van der Waals surface area contributed by atoms with Crippen LogP contribution in [0.2, 0.25) is 0 Å². The van der Waals surface area contributed by atoms with Crippen LogP contribution < -0.4 is 15.8 Å². The van der Waals surface area contributed by atoms with E-state index in [0.29, 0.717) is 12.3 Å². The number of hydrogen-bond acceptors (Lipinski definition) is 4. The zero-order valence-corrected chi connectivity index (χ0v) is 10.6. The molecule has 0 spiro atoms. The first-order valence-corrected chi connectivity index (χ1v) is 5.89. The van der Waals surface area contributed by atoms with E-state index in [0.717, 1.165) is 16.9 Å². The lowest BCUT2D eigenvalue weighted by Gasteiger charge is -2.08. The summed E-state index contributed by atoms with van der Waals surface area (Å²) in [5, 5.41) is 10.1. The number of aromatic nitrogens is 2. The SMILES string of the molecule is Cc1[nH]ncc1CNc1cccc(OCC(N)=O)c1. The van der Waals surface area contributed by atoms with Gasteiger partial charge in [-0.3, -0.25) is 9.89 Å². The van der Waals surface area contributed by atoms with Gasteiger partial charge in [-0.25, -0.2) is 0 Å². The fraction of sp³-hybridized carbons (Fsp3) is 0.231. The molecule has 4 N–H and O–H groups in total. The van der Waals surface area contributed by atoms with E-state index in [4.69, 9.17) is 10.5 Å². The Morgan fingerprint density at radius 3 is 3.05 bits per heavy atom. The molecule has 2 rings (SSSR count). The summed E-state index contributed by atoms with van der Waals surface area (Å²) in [7, 11) is 0. The molecule has 6 heteroatoms. The van der Waals surface area contributed by atoms with Crippen molar-refractivity contribution < 1.29 is 9.53 Å². The average Bonchev–Trinajstić information content (AvgIpc) is 2.80. The Morgan fingerprint density at radius 1 is 1.53 bits per heavy atom. The van der Waals surface area contributed by atoms with E-state index in [1.54, 1.807) is 12.3 Å². The summed E-state index contributed by atoms with van der Waals surface area (Å²) in [4.78, 5) is 10.6. The molecule has 100 valence electrons. The number of ether oxygens (including phenoxy) is 1. The first-order valence-electron chi connectivity index (χ1n) is 5.89. The smallest absolute Gasteiger partial charge is 0.255 e. The van der Waals surface area contributed by atoms with Crippen molar-refractivity contribution in [2.45, 2.75) is 13.5 Å². The van der Waals surface area contributed by atoms with Crippen molar-refractivity contribution in [2.24, 2.45) is 5.73 Å². The summed E-state index contributed by atoms with van der Waals surface area (Å²) in [6, 6.07) is 7.36. The third kappa shape index (κ3) is 3.74. The fourth-order valence-electron chi connectivity index (χ4n) is 1.60. The lowest BCUT2D eigenvalue weighted by molar-refractivity contribution is -0.119. The molecule has 0 atom stereocenters. The van der Waals surface area contributed by atoms with Gasteiger partial charge in [0.2, 0.25) is 0 Å². The largest absolute Gasteiger partial charge is 0.484 e. The molecule has 0 aliphatic heterocycles. The van der Waals surface area contributed by atoms with Crippen molar-refractivity contribution in [3.05, 3.63) is 41.7 Å². The van der Waals surface area contributed by atoms with Crippen LogP contribution in [0.1, 0.15) is 11.3 Å². The van der Waals surface area contributed by atoms with Crippen LogP contribution in [-0.2, 0) is 11.3 Å². The summed E-state index contributed by atoms with van der Waals surface area (Å²) in [6.45, 7) is 2.52. The van der Waals surface area contributed by atoms with Gasteiger partial charge in [0.1, 0.15) is 5.75 Å². The Balaban J connectivity index is 1.95. The second kappa shape index (κ2) is 5.90. The molecule has 0 aliphatic carbocycles. The maximum atomic E-state index is 10.6. The van der Waals surface area contributed by atoms with E-state index in [2.05, 4.69) is 15.5 Å². The summed E-state index contributed by atoms with van der Waals surface area (Å²) < 4.78 is 5.24. The van der Waals surface area contributed by atoms with Gasteiger partial charge in [-0.05, 0) is 19.1 Å². The molecule has 19 heavy (non-hydrogen) atoms. The number of aromatic amines is 1. The number of anilines is 1. The van der Waals surface area contributed by atoms with Gasteiger partial charge in [0.25, 0.3) is 5.91 Å². The van der Waals surface area contributed by atoms with Crippen LogP contribution >= 0.6 is 0 Å². The number of rotatable bonds is 6. The standard InChI is InChI=1S/C13H16N4O2/c1-9-10(7-16-17-9)6-15-11-3-2-4-12(5-11)19-8-13(14)18/h2-5,7,15H,6,8H2,1H3,(H2,14,18)(H,16,17). The van der Waals surface area contributed by atoms with E-state index in [1.807, 2.05) is 25.1 Å². The topological polar surface area (TPSA) is 93.0 Å². The number of aryl methyl sites for hydroxylation is 1. The fourth-order valence-corrected chi connectivity index (χ4v) is 1.60. The molecular weight excluding hydrogens is 244 g/mol. The van der Waals surface area contributed by atoms with Crippen molar-refractivity contribution in [3.8, 4) is 5.75 Å². The molecule has 0 unspecified atom stereocenters. The zero-order chi connectivity index (χ0) is 13.7. The number of carbonyl (C=O) groups is 1. The minimum atomic E-state index is -0.493. The van der Waals surface area contributed by atoms with Gasteiger partial charge in [0.05, 0.1) is 6.20 Å². The van der Waals surface area contributed by atoms with Gasteiger partial charge in [-0.2, -0.15) is 5.10 Å². The van der Waals surface area contributed by atoms with Crippen molar-refractivity contribution in [1.82, 2.24) is 10.2 Å². The van der Waals surface area contributed by atoms with Gasteiger partial charge < -0.3 is 15.8 Å². The zero-order valence-electron chi connectivity index (χ0n) is 10.6. The first-order chi connectivity index (χ1) is 9.15. The van der Waals surface area contributed by atoms with E-state index >= 15 is 0 Å². The molecule has 1 aromatic heterocycles. The second-order valence-electron chi connectivity index (χ2n) is 4.16. The van der Waals surface area contributed by atoms with E-state index in [-0.39, 0.29) is 6.61 Å². The molecule has 6 nitrogen and oxygen atoms in total. The Morgan fingerprint density at radius 2 is 2.37 bits per heavy atom. The average molecular weight is 260 g/mol. The molecule has 1 aromatic carbocycles. The number of hydrogen-bond donors (Lipinski definition) is 3. The van der Waals surface area contributed by atoms with Crippen LogP contribution in [0.25, 0.3) is 0 Å². The van der Waals surface area contributed by atoms with E-state index < -0.39 is 5.91 Å². The van der Waals surface area contributed by atoms with Crippen LogP contribution in [0, 0.1) is 6.92 Å². The summed E-state index contributed by atoms with van der Waals surface area (Å²) in [5.74, 6) is 0.111. The van der Waals surface area contributed by atoms with Gasteiger partial charge >= 0.3 is 0 Å². The predicted octanol–water partition coefficient (Wildman–Crippen LogP) is 1.19. The summed E-state index contributed by atoms with van der Waals surface area (Å²) in [6.07, 6.45) is 1.79. The highest BCUT2D eigenvalue weighted by Crippen LogP contribution is 2.18. The molecule has 1 amide bonds. The number of carbonyl (C=O) groups excluding carboxylic acids is 1. The number of nitrogens with two attached hydrogens (primary N) is 1. The number of benzene rings is 1. The monoisotopic (exact) mass is 260 g/mol. The van der Waals surface area contributed by atoms with Crippen molar-refractivity contribution in [3.63, 3.8) is 0 Å². The lowest BCUT2D eigenvalue weighted by Crippen LogP contribution is -2.20. The van der Waals surface area contributed by atoms with E-state index in [1.165, 1.54) is 0 Å². The molecule has 0 saturated carbocycles. The van der Waals surface area contributed by atoms with Gasteiger partial charge in [-0.1, -0.05) is 6.07 Å². The third-order valence-electron chi connectivity index (χ3n) is 2.63. The molecule has 2 aromatic rings. The molecule has 1 heterocycles. The molecule has 0 aliphatic rings. The Hall–Kier alpha value is -2.50. The maximum absolute atomic E-state index is 10.6. The van der Waals surface area contributed by atoms with Gasteiger partial charge in [0, 0.05) is 29.6 Å². The highest BCUT2D eigenvalue weighted by atomic mass is 16.5. The minimum Gasteiger partial charge on any atom is -0.484 e. The quantitative estimate of drug-likeness (QED) is 0.727. The van der Waals surface area contributed by atoms with Crippen LogP contribution in [0.4, 0.5) is 5.69 Å². The predicted molar refractivity (Wildman–Crippen MR) is 71.8 cm³/mol. The number of amides is 1. The molecule has 0 saturated heterocycles. The molecular formula is C13H16N4O2. The Bertz CT molecular complexity index is 565. The number of nitrogens with one attached hydrogen (secondary N) is 2. The van der Waals surface area contributed by atoms with Crippen molar-refractivity contribution in [2.75, 3.05) is 11.9 Å². The lowest BCUT2D eigenvalue weighted by atomic mass is 10.2. The molecule has 0 fully saturated rings. The third-order valence-corrected chi connectivity index (χ3v) is 2.63. The van der Waals surface area contributed by atoms with Gasteiger partial charge in [0.15, 0.2) is 6.61 Å². The van der Waals surface area contributed by atoms with Crippen LogP contribution in [-0.4, -0.2) is 22.7 Å². The van der Waals surface area contributed by atoms with E-state index in [9.17, 15) is 4.79 Å². The highest BCUT2D eigenvalue weighted by Gasteiger charge is 2.02. The highest BCUT2D eigenvalue weighted by molar-refractivity contribution is 5.75. The van der Waals surface area contributed by atoms with Crippen LogP contribution in [0.3, 0.4) is 0 Å². The van der Waals surface area contributed by atoms with Crippen molar-refractivity contribution >= 4 is 11.6 Å². The summed E-state index contributed by atoms with van der Waals surface area (Å²) >= 11 is 0. The van der Waals surface area contributed by atoms with Crippen molar-refractivity contribution in [1.29, 1.82) is 0 Å². The minimum absolute atomic E-state index is 0.121. The maximum Gasteiger partial charge on any atom is 0.255 e.